The summed E-state index contributed by atoms with van der Waals surface area (Å²) in [5.41, 5.74) is 2.06. The number of benzene rings is 1. The van der Waals surface area contributed by atoms with Crippen LogP contribution in [0, 0.1) is 5.92 Å². The van der Waals surface area contributed by atoms with Crippen molar-refractivity contribution < 1.29 is 4.74 Å². The predicted molar refractivity (Wildman–Crippen MR) is 84.4 cm³/mol. The first kappa shape index (κ1) is 14.1. The summed E-state index contributed by atoms with van der Waals surface area (Å²) in [4.78, 5) is 4.90. The maximum Gasteiger partial charge on any atom is 0.128 e. The number of nitrogens with zero attached hydrogens (tertiary/aromatic N) is 2. The van der Waals surface area contributed by atoms with E-state index in [9.17, 15) is 0 Å². The third-order valence-electron chi connectivity index (χ3n) is 4.40. The summed E-state index contributed by atoms with van der Waals surface area (Å²) < 4.78 is 7.75. The van der Waals surface area contributed by atoms with Crippen LogP contribution >= 0.6 is 0 Å². The molecule has 3 rings (SSSR count). The van der Waals surface area contributed by atoms with Crippen molar-refractivity contribution in [2.24, 2.45) is 5.92 Å². The molecule has 0 saturated carbocycles. The standard InChI is InChI=1S/C17H23N3O/c1-4-12(2)16-17-19-14(11-20(17)10-9-18-16)13-7-5-6-8-15(13)21-3/h5-8,11-12,16,18H,4,9-10H2,1-3H3. The molecule has 1 aromatic carbocycles. The maximum absolute atomic E-state index is 5.46. The molecule has 21 heavy (non-hydrogen) atoms. The first-order valence-corrected chi connectivity index (χ1v) is 7.68. The van der Waals surface area contributed by atoms with E-state index in [2.05, 4.69) is 36.0 Å². The lowest BCUT2D eigenvalue weighted by molar-refractivity contribution is 0.315. The number of methoxy groups -OCH3 is 1. The lowest BCUT2D eigenvalue weighted by Gasteiger charge is -2.29. The second-order valence-corrected chi connectivity index (χ2v) is 5.70. The number of imidazole rings is 1. The summed E-state index contributed by atoms with van der Waals surface area (Å²) >= 11 is 0. The van der Waals surface area contributed by atoms with Crippen LogP contribution in [0.1, 0.15) is 32.1 Å². The Morgan fingerprint density at radius 3 is 3.00 bits per heavy atom. The fourth-order valence-electron chi connectivity index (χ4n) is 2.97. The molecular weight excluding hydrogens is 262 g/mol. The van der Waals surface area contributed by atoms with Gasteiger partial charge in [0, 0.05) is 24.8 Å². The van der Waals surface area contributed by atoms with Crippen LogP contribution in [-0.4, -0.2) is 23.2 Å². The number of aromatic nitrogens is 2. The van der Waals surface area contributed by atoms with Gasteiger partial charge in [0.1, 0.15) is 11.6 Å². The molecule has 1 aromatic heterocycles. The van der Waals surface area contributed by atoms with Crippen molar-refractivity contribution in [3.8, 4) is 17.0 Å². The molecule has 0 spiro atoms. The van der Waals surface area contributed by atoms with Gasteiger partial charge in [-0.25, -0.2) is 4.98 Å². The van der Waals surface area contributed by atoms with Gasteiger partial charge in [-0.3, -0.25) is 0 Å². The zero-order valence-corrected chi connectivity index (χ0v) is 13.0. The molecule has 1 N–H and O–H groups in total. The van der Waals surface area contributed by atoms with E-state index in [1.165, 1.54) is 0 Å². The van der Waals surface area contributed by atoms with Crippen LogP contribution in [0.25, 0.3) is 11.3 Å². The van der Waals surface area contributed by atoms with Crippen LogP contribution in [0.2, 0.25) is 0 Å². The number of hydrogen-bond donors (Lipinski definition) is 1. The molecule has 1 aliphatic rings. The predicted octanol–water partition coefficient (Wildman–Crippen LogP) is 3.25. The summed E-state index contributed by atoms with van der Waals surface area (Å²) in [5, 5.41) is 3.60. The molecule has 0 fully saturated rings. The Bertz CT molecular complexity index is 620. The van der Waals surface area contributed by atoms with Crippen molar-refractivity contribution >= 4 is 0 Å². The molecule has 112 valence electrons. The van der Waals surface area contributed by atoms with Crippen LogP contribution < -0.4 is 10.1 Å². The van der Waals surface area contributed by atoms with E-state index >= 15 is 0 Å². The van der Waals surface area contributed by atoms with Crippen LogP contribution in [0.5, 0.6) is 5.75 Å². The third kappa shape index (κ3) is 2.56. The molecular formula is C17H23N3O. The number of fused-ring (bicyclic) bond motifs is 1. The van der Waals surface area contributed by atoms with Crippen LogP contribution in [0.15, 0.2) is 30.5 Å². The zero-order valence-electron chi connectivity index (χ0n) is 13.0. The summed E-state index contributed by atoms with van der Waals surface area (Å²) in [6, 6.07) is 8.41. The van der Waals surface area contributed by atoms with Crippen LogP contribution in [-0.2, 0) is 6.54 Å². The molecule has 2 aromatic rings. The van der Waals surface area contributed by atoms with Crippen molar-refractivity contribution in [2.45, 2.75) is 32.9 Å². The van der Waals surface area contributed by atoms with E-state index in [1.807, 2.05) is 18.2 Å². The first-order valence-electron chi connectivity index (χ1n) is 7.68. The lowest BCUT2D eigenvalue weighted by atomic mass is 9.97. The summed E-state index contributed by atoms with van der Waals surface area (Å²) in [6.07, 6.45) is 3.30. The van der Waals surface area contributed by atoms with Gasteiger partial charge in [-0.15, -0.1) is 0 Å². The molecule has 1 aliphatic heterocycles. The first-order chi connectivity index (χ1) is 10.2. The molecule has 2 heterocycles. The lowest BCUT2D eigenvalue weighted by Crippen LogP contribution is -2.36. The SMILES string of the molecule is CCC(C)C1NCCn2cc(-c3ccccc3OC)nc21. The highest BCUT2D eigenvalue weighted by Gasteiger charge is 2.27. The van der Waals surface area contributed by atoms with Crippen molar-refractivity contribution in [2.75, 3.05) is 13.7 Å². The monoisotopic (exact) mass is 285 g/mol. The van der Waals surface area contributed by atoms with Crippen LogP contribution in [0.4, 0.5) is 0 Å². The fraction of sp³-hybridized carbons (Fsp3) is 0.471. The van der Waals surface area contributed by atoms with Crippen molar-refractivity contribution in [1.29, 1.82) is 0 Å². The van der Waals surface area contributed by atoms with Crippen molar-refractivity contribution in [3.63, 3.8) is 0 Å². The van der Waals surface area contributed by atoms with Gasteiger partial charge in [0.15, 0.2) is 0 Å². The Labute approximate surface area is 126 Å². The highest BCUT2D eigenvalue weighted by molar-refractivity contribution is 5.66. The molecule has 2 atom stereocenters. The zero-order chi connectivity index (χ0) is 14.8. The van der Waals surface area contributed by atoms with Crippen molar-refractivity contribution in [3.05, 3.63) is 36.3 Å². The van der Waals surface area contributed by atoms with Crippen LogP contribution in [0.3, 0.4) is 0 Å². The minimum atomic E-state index is 0.340. The molecule has 0 saturated heterocycles. The number of nitrogens with one attached hydrogen (secondary N) is 1. The van der Waals surface area contributed by atoms with Gasteiger partial charge in [0.05, 0.1) is 18.8 Å². The largest absolute Gasteiger partial charge is 0.496 e. The van der Waals surface area contributed by atoms with E-state index in [0.29, 0.717) is 12.0 Å². The fourth-order valence-corrected chi connectivity index (χ4v) is 2.97. The van der Waals surface area contributed by atoms with Gasteiger partial charge in [0.25, 0.3) is 0 Å². The molecule has 4 nitrogen and oxygen atoms in total. The molecule has 4 heteroatoms. The second kappa shape index (κ2) is 5.90. The second-order valence-electron chi connectivity index (χ2n) is 5.70. The number of ether oxygens (including phenoxy) is 1. The Hall–Kier alpha value is -1.81. The van der Waals surface area contributed by atoms with Crippen molar-refractivity contribution in [1.82, 2.24) is 14.9 Å². The Morgan fingerprint density at radius 2 is 2.24 bits per heavy atom. The quantitative estimate of drug-likeness (QED) is 0.937. The van der Waals surface area contributed by atoms with Gasteiger partial charge >= 0.3 is 0 Å². The van der Waals surface area contributed by atoms with Gasteiger partial charge in [-0.2, -0.15) is 0 Å². The molecule has 0 bridgehead atoms. The smallest absolute Gasteiger partial charge is 0.128 e. The van der Waals surface area contributed by atoms with E-state index < -0.39 is 0 Å². The van der Waals surface area contributed by atoms with E-state index in [-0.39, 0.29) is 0 Å². The Kier molecular flexibility index (Phi) is 3.97. The maximum atomic E-state index is 5.46. The van der Waals surface area contributed by atoms with E-state index in [1.54, 1.807) is 7.11 Å². The highest BCUT2D eigenvalue weighted by Crippen LogP contribution is 2.33. The molecule has 2 unspecified atom stereocenters. The average molecular weight is 285 g/mol. The number of para-hydroxylation sites is 1. The minimum Gasteiger partial charge on any atom is -0.496 e. The Balaban J connectivity index is 2.02. The third-order valence-corrected chi connectivity index (χ3v) is 4.40. The number of rotatable bonds is 4. The number of hydrogen-bond acceptors (Lipinski definition) is 3. The van der Waals surface area contributed by atoms with E-state index in [4.69, 9.17) is 9.72 Å². The highest BCUT2D eigenvalue weighted by atomic mass is 16.5. The molecule has 0 radical (unpaired) electrons. The Morgan fingerprint density at radius 1 is 1.43 bits per heavy atom. The average Bonchev–Trinajstić information content (AvgIpc) is 2.97. The topological polar surface area (TPSA) is 39.1 Å². The summed E-state index contributed by atoms with van der Waals surface area (Å²) in [7, 11) is 1.71. The summed E-state index contributed by atoms with van der Waals surface area (Å²) in [6.45, 7) is 6.49. The van der Waals surface area contributed by atoms with E-state index in [0.717, 1.165) is 42.3 Å². The summed E-state index contributed by atoms with van der Waals surface area (Å²) in [5.74, 6) is 2.61. The van der Waals surface area contributed by atoms with Gasteiger partial charge in [0.2, 0.25) is 0 Å². The van der Waals surface area contributed by atoms with Gasteiger partial charge in [-0.05, 0) is 18.1 Å². The normalized spacial score (nSPS) is 19.1. The van der Waals surface area contributed by atoms with Gasteiger partial charge in [-0.1, -0.05) is 32.4 Å². The van der Waals surface area contributed by atoms with Gasteiger partial charge < -0.3 is 14.6 Å². The molecule has 0 amide bonds. The molecule has 0 aliphatic carbocycles. The minimum absolute atomic E-state index is 0.340.